The summed E-state index contributed by atoms with van der Waals surface area (Å²) in [5.41, 5.74) is 0.914. The summed E-state index contributed by atoms with van der Waals surface area (Å²) in [7, 11) is 0. The topological polar surface area (TPSA) is 24.4 Å². The van der Waals surface area contributed by atoms with Crippen LogP contribution in [-0.4, -0.2) is 17.0 Å². The van der Waals surface area contributed by atoms with Crippen molar-refractivity contribution in [1.82, 2.24) is 0 Å². The summed E-state index contributed by atoms with van der Waals surface area (Å²) in [4.78, 5) is 4.35. The van der Waals surface area contributed by atoms with Crippen molar-refractivity contribution in [3.8, 4) is 0 Å². The number of hydrogen-bond donors (Lipinski definition) is 1. The molecule has 15 heavy (non-hydrogen) atoms. The van der Waals surface area contributed by atoms with E-state index in [0.29, 0.717) is 5.25 Å². The summed E-state index contributed by atoms with van der Waals surface area (Å²) in [6.07, 6.45) is 0. The Morgan fingerprint density at radius 1 is 1.60 bits per heavy atom. The Labute approximate surface area is 106 Å². The fourth-order valence-electron chi connectivity index (χ4n) is 1.25. The molecule has 0 aliphatic carbocycles. The standard InChI is InChI=1S/C10H10FIN2S/c1-6-5-13-10(15-6)14-9-3-2-7(11)4-8(9)12/h2-4,6H,5H2,1H3,(H,13,14). The third kappa shape index (κ3) is 2.84. The van der Waals surface area contributed by atoms with Gasteiger partial charge in [0.15, 0.2) is 5.17 Å². The molecule has 2 nitrogen and oxygen atoms in total. The van der Waals surface area contributed by atoms with Gasteiger partial charge < -0.3 is 5.32 Å². The fourth-order valence-corrected chi connectivity index (χ4v) is 2.71. The lowest BCUT2D eigenvalue weighted by Crippen LogP contribution is -2.07. The fraction of sp³-hybridized carbons (Fsp3) is 0.300. The van der Waals surface area contributed by atoms with E-state index in [1.165, 1.54) is 12.1 Å². The van der Waals surface area contributed by atoms with Gasteiger partial charge in [-0.05, 0) is 40.8 Å². The molecule has 2 rings (SSSR count). The smallest absolute Gasteiger partial charge is 0.161 e. The van der Waals surface area contributed by atoms with Crippen molar-refractivity contribution in [3.63, 3.8) is 0 Å². The van der Waals surface area contributed by atoms with Crippen LogP contribution in [0.25, 0.3) is 0 Å². The number of halogens is 2. The van der Waals surface area contributed by atoms with Gasteiger partial charge in [0.05, 0.1) is 12.2 Å². The molecule has 0 radical (unpaired) electrons. The maximum absolute atomic E-state index is 12.9. The minimum absolute atomic E-state index is 0.209. The highest BCUT2D eigenvalue weighted by molar-refractivity contribution is 14.1. The van der Waals surface area contributed by atoms with Crippen LogP contribution in [0, 0.1) is 9.39 Å². The van der Waals surface area contributed by atoms with Crippen LogP contribution >= 0.6 is 34.4 Å². The predicted molar refractivity (Wildman–Crippen MR) is 72.1 cm³/mol. The number of nitrogens with zero attached hydrogens (tertiary/aromatic N) is 1. The SMILES string of the molecule is CC1CN=C(Nc2ccc(F)cc2I)S1. The molecule has 1 N–H and O–H groups in total. The highest BCUT2D eigenvalue weighted by atomic mass is 127. The van der Waals surface area contributed by atoms with Crippen LogP contribution in [0.1, 0.15) is 6.92 Å². The average molecular weight is 336 g/mol. The van der Waals surface area contributed by atoms with Crippen molar-refractivity contribution in [2.75, 3.05) is 11.9 Å². The van der Waals surface area contributed by atoms with Gasteiger partial charge in [0.2, 0.25) is 0 Å². The highest BCUT2D eigenvalue weighted by Crippen LogP contribution is 2.25. The first-order valence-corrected chi connectivity index (χ1v) is 6.54. The van der Waals surface area contributed by atoms with Crippen molar-refractivity contribution in [1.29, 1.82) is 0 Å². The minimum atomic E-state index is -0.209. The van der Waals surface area contributed by atoms with Crippen LogP contribution in [0.5, 0.6) is 0 Å². The predicted octanol–water partition coefficient (Wildman–Crippen LogP) is 3.33. The first kappa shape index (κ1) is 11.2. The molecule has 0 spiro atoms. The van der Waals surface area contributed by atoms with Gasteiger partial charge >= 0.3 is 0 Å². The second-order valence-electron chi connectivity index (χ2n) is 3.32. The van der Waals surface area contributed by atoms with Crippen LogP contribution in [0.15, 0.2) is 23.2 Å². The normalized spacial score (nSPS) is 20.2. The third-order valence-electron chi connectivity index (χ3n) is 1.98. The number of aliphatic imine (C=N–C) groups is 1. The Morgan fingerprint density at radius 3 is 3.00 bits per heavy atom. The van der Waals surface area contributed by atoms with E-state index in [1.54, 1.807) is 17.8 Å². The van der Waals surface area contributed by atoms with E-state index in [1.807, 2.05) is 0 Å². The third-order valence-corrected chi connectivity index (χ3v) is 3.88. The van der Waals surface area contributed by atoms with Gasteiger partial charge in [0, 0.05) is 8.82 Å². The molecule has 1 heterocycles. The molecule has 1 aromatic carbocycles. The molecule has 5 heteroatoms. The molecule has 0 amide bonds. The van der Waals surface area contributed by atoms with Crippen LogP contribution in [0.3, 0.4) is 0 Å². The molecule has 0 aromatic heterocycles. The molecule has 0 saturated heterocycles. The van der Waals surface area contributed by atoms with E-state index >= 15 is 0 Å². The molecule has 1 aromatic rings. The van der Waals surface area contributed by atoms with E-state index in [9.17, 15) is 4.39 Å². The molecule has 1 aliphatic rings. The Bertz CT molecular complexity index is 408. The van der Waals surface area contributed by atoms with Gasteiger partial charge in [-0.25, -0.2) is 4.39 Å². The Hall–Kier alpha value is -0.300. The van der Waals surface area contributed by atoms with Crippen LogP contribution in [0.2, 0.25) is 0 Å². The van der Waals surface area contributed by atoms with Crippen molar-refractivity contribution in [2.45, 2.75) is 12.2 Å². The second-order valence-corrected chi connectivity index (χ2v) is 5.91. The number of benzene rings is 1. The van der Waals surface area contributed by atoms with Crippen molar-refractivity contribution < 1.29 is 4.39 Å². The molecule has 1 atom stereocenters. The van der Waals surface area contributed by atoms with Gasteiger partial charge in [0.25, 0.3) is 0 Å². The summed E-state index contributed by atoms with van der Waals surface area (Å²) in [5, 5.41) is 4.66. The van der Waals surface area contributed by atoms with E-state index in [0.717, 1.165) is 21.0 Å². The largest absolute Gasteiger partial charge is 0.334 e. The van der Waals surface area contributed by atoms with Gasteiger partial charge in [-0.2, -0.15) is 0 Å². The summed E-state index contributed by atoms with van der Waals surface area (Å²) in [5.74, 6) is -0.209. The number of rotatable bonds is 1. The first-order valence-electron chi connectivity index (χ1n) is 4.58. The molecule has 0 saturated carbocycles. The maximum Gasteiger partial charge on any atom is 0.161 e. The van der Waals surface area contributed by atoms with E-state index in [4.69, 9.17) is 0 Å². The molecule has 1 aliphatic heterocycles. The lowest BCUT2D eigenvalue weighted by atomic mass is 10.3. The summed E-state index contributed by atoms with van der Waals surface area (Å²) in [6.45, 7) is 2.99. The van der Waals surface area contributed by atoms with Crippen molar-refractivity contribution in [3.05, 3.63) is 27.6 Å². The number of nitrogens with one attached hydrogen (secondary N) is 1. The zero-order valence-electron chi connectivity index (χ0n) is 8.13. The van der Waals surface area contributed by atoms with Crippen LogP contribution in [-0.2, 0) is 0 Å². The Kier molecular flexibility index (Phi) is 3.50. The quantitative estimate of drug-likeness (QED) is 0.796. The number of hydrogen-bond acceptors (Lipinski definition) is 3. The van der Waals surface area contributed by atoms with E-state index in [2.05, 4.69) is 39.8 Å². The molecular formula is C10H10FIN2S. The van der Waals surface area contributed by atoms with Gasteiger partial charge in [-0.3, -0.25) is 4.99 Å². The van der Waals surface area contributed by atoms with Gasteiger partial charge in [-0.15, -0.1) is 0 Å². The number of anilines is 1. The van der Waals surface area contributed by atoms with E-state index < -0.39 is 0 Å². The second kappa shape index (κ2) is 4.69. The lowest BCUT2D eigenvalue weighted by Gasteiger charge is -2.07. The maximum atomic E-state index is 12.9. The molecule has 80 valence electrons. The monoisotopic (exact) mass is 336 g/mol. The number of thioether (sulfide) groups is 1. The van der Waals surface area contributed by atoms with Crippen molar-refractivity contribution >= 4 is 45.2 Å². The van der Waals surface area contributed by atoms with Gasteiger partial charge in [0.1, 0.15) is 5.82 Å². The van der Waals surface area contributed by atoms with Crippen LogP contribution in [0.4, 0.5) is 10.1 Å². The van der Waals surface area contributed by atoms with Crippen LogP contribution < -0.4 is 5.32 Å². The Morgan fingerprint density at radius 2 is 2.40 bits per heavy atom. The first-order chi connectivity index (χ1) is 7.15. The summed E-state index contributed by atoms with van der Waals surface area (Å²) < 4.78 is 13.7. The molecule has 0 bridgehead atoms. The lowest BCUT2D eigenvalue weighted by molar-refractivity contribution is 0.627. The Balaban J connectivity index is 2.11. The molecule has 1 unspecified atom stereocenters. The summed E-state index contributed by atoms with van der Waals surface area (Å²) >= 11 is 3.83. The molecular weight excluding hydrogens is 326 g/mol. The zero-order valence-corrected chi connectivity index (χ0v) is 11.1. The van der Waals surface area contributed by atoms with Crippen molar-refractivity contribution in [2.24, 2.45) is 4.99 Å². The highest BCUT2D eigenvalue weighted by Gasteiger charge is 2.15. The molecule has 0 fully saturated rings. The van der Waals surface area contributed by atoms with E-state index in [-0.39, 0.29) is 5.82 Å². The summed E-state index contributed by atoms with van der Waals surface area (Å²) in [6, 6.07) is 4.70. The number of amidine groups is 1. The van der Waals surface area contributed by atoms with Gasteiger partial charge in [-0.1, -0.05) is 18.7 Å². The minimum Gasteiger partial charge on any atom is -0.334 e. The average Bonchev–Trinajstić information content (AvgIpc) is 2.56. The zero-order chi connectivity index (χ0) is 10.8.